The largest absolute Gasteiger partial charge is 0.480 e. The summed E-state index contributed by atoms with van der Waals surface area (Å²) in [6.45, 7) is 4.06. The second-order valence-electron chi connectivity index (χ2n) is 6.19. The molecule has 2 heterocycles. The van der Waals surface area contributed by atoms with Gasteiger partial charge in [-0.1, -0.05) is 24.3 Å². The van der Waals surface area contributed by atoms with Gasteiger partial charge in [-0.25, -0.2) is 4.79 Å². The molecule has 22 heavy (non-hydrogen) atoms. The van der Waals surface area contributed by atoms with Crippen LogP contribution in [0.2, 0.25) is 0 Å². The van der Waals surface area contributed by atoms with Gasteiger partial charge in [0, 0.05) is 19.6 Å². The second kappa shape index (κ2) is 6.08. The quantitative estimate of drug-likeness (QED) is 0.919. The molecule has 0 saturated carbocycles. The third-order valence-corrected chi connectivity index (χ3v) is 4.89. The Morgan fingerprint density at radius 1 is 1.23 bits per heavy atom. The third kappa shape index (κ3) is 2.73. The molecule has 1 N–H and O–H groups in total. The van der Waals surface area contributed by atoms with Gasteiger partial charge in [0.15, 0.2) is 0 Å². The fourth-order valence-electron chi connectivity index (χ4n) is 3.53. The molecule has 0 unspecified atom stereocenters. The van der Waals surface area contributed by atoms with Crippen LogP contribution in [0.3, 0.4) is 0 Å². The molecule has 1 aromatic carbocycles. The maximum Gasteiger partial charge on any atom is 0.326 e. The summed E-state index contributed by atoms with van der Waals surface area (Å²) in [5.41, 5.74) is 2.62. The van der Waals surface area contributed by atoms with Crippen molar-refractivity contribution in [2.45, 2.75) is 44.8 Å². The zero-order valence-corrected chi connectivity index (χ0v) is 12.9. The molecule has 0 bridgehead atoms. The molecule has 2 aliphatic rings. The van der Waals surface area contributed by atoms with Gasteiger partial charge in [0.05, 0.1) is 6.04 Å². The number of fused-ring (bicyclic) bond motifs is 1. The average Bonchev–Trinajstić information content (AvgIpc) is 3.03. The Kier molecular flexibility index (Phi) is 4.16. The van der Waals surface area contributed by atoms with Crippen molar-refractivity contribution >= 4 is 11.9 Å². The smallest absolute Gasteiger partial charge is 0.326 e. The van der Waals surface area contributed by atoms with E-state index >= 15 is 0 Å². The summed E-state index contributed by atoms with van der Waals surface area (Å²) in [6, 6.07) is 7.40. The number of carbonyl (C=O) groups excluding carboxylic acids is 1. The predicted molar refractivity (Wildman–Crippen MR) is 82.4 cm³/mol. The number of aliphatic carboxylic acids is 1. The van der Waals surface area contributed by atoms with Gasteiger partial charge in [0.25, 0.3) is 0 Å². The molecule has 1 saturated heterocycles. The molecule has 5 heteroatoms. The van der Waals surface area contributed by atoms with E-state index in [-0.39, 0.29) is 11.9 Å². The van der Waals surface area contributed by atoms with Gasteiger partial charge in [0.2, 0.25) is 5.91 Å². The molecule has 0 spiro atoms. The summed E-state index contributed by atoms with van der Waals surface area (Å²) >= 11 is 0. The van der Waals surface area contributed by atoms with Crippen LogP contribution in [0.15, 0.2) is 24.3 Å². The van der Waals surface area contributed by atoms with Gasteiger partial charge >= 0.3 is 5.97 Å². The number of nitrogens with zero attached hydrogens (tertiary/aromatic N) is 2. The Balaban J connectivity index is 1.70. The van der Waals surface area contributed by atoms with Crippen molar-refractivity contribution in [2.24, 2.45) is 0 Å². The van der Waals surface area contributed by atoms with E-state index in [1.807, 2.05) is 19.1 Å². The highest BCUT2D eigenvalue weighted by Gasteiger charge is 2.37. The van der Waals surface area contributed by atoms with Crippen LogP contribution in [0, 0.1) is 0 Å². The highest BCUT2D eigenvalue weighted by atomic mass is 16.4. The maximum absolute atomic E-state index is 12.7. The van der Waals surface area contributed by atoms with Crippen LogP contribution < -0.4 is 0 Å². The van der Waals surface area contributed by atoms with Gasteiger partial charge in [-0.3, -0.25) is 9.69 Å². The van der Waals surface area contributed by atoms with E-state index in [9.17, 15) is 14.7 Å². The first-order chi connectivity index (χ1) is 10.6. The van der Waals surface area contributed by atoms with Gasteiger partial charge < -0.3 is 10.0 Å². The van der Waals surface area contributed by atoms with E-state index < -0.39 is 12.0 Å². The van der Waals surface area contributed by atoms with Gasteiger partial charge in [-0.05, 0) is 37.3 Å². The monoisotopic (exact) mass is 302 g/mol. The molecule has 5 nitrogen and oxygen atoms in total. The summed E-state index contributed by atoms with van der Waals surface area (Å²) in [4.78, 5) is 27.7. The van der Waals surface area contributed by atoms with Gasteiger partial charge in [-0.15, -0.1) is 0 Å². The van der Waals surface area contributed by atoms with E-state index in [4.69, 9.17) is 0 Å². The van der Waals surface area contributed by atoms with Crippen LogP contribution in [-0.2, 0) is 22.6 Å². The van der Waals surface area contributed by atoms with Crippen LogP contribution in [0.1, 0.15) is 30.9 Å². The van der Waals surface area contributed by atoms with Gasteiger partial charge in [0.1, 0.15) is 6.04 Å². The molecule has 2 atom stereocenters. The summed E-state index contributed by atoms with van der Waals surface area (Å²) in [7, 11) is 0. The number of carbonyl (C=O) groups is 2. The number of hydrogen-bond acceptors (Lipinski definition) is 3. The average molecular weight is 302 g/mol. The molecule has 118 valence electrons. The first-order valence-corrected chi connectivity index (χ1v) is 7.92. The highest BCUT2D eigenvalue weighted by Crippen LogP contribution is 2.24. The lowest BCUT2D eigenvalue weighted by Gasteiger charge is -2.35. The molecular weight excluding hydrogens is 280 g/mol. The molecule has 1 fully saturated rings. The molecule has 0 aliphatic carbocycles. The minimum Gasteiger partial charge on any atom is -0.480 e. The molecule has 0 radical (unpaired) electrons. The fourth-order valence-corrected chi connectivity index (χ4v) is 3.53. The Labute approximate surface area is 130 Å². The zero-order valence-electron chi connectivity index (χ0n) is 12.9. The highest BCUT2D eigenvalue weighted by molar-refractivity contribution is 5.87. The lowest BCUT2D eigenvalue weighted by atomic mass is 9.98. The number of hydrogen-bond donors (Lipinski definition) is 1. The number of rotatable bonds is 3. The van der Waals surface area contributed by atoms with Crippen LogP contribution in [-0.4, -0.2) is 52.0 Å². The van der Waals surface area contributed by atoms with E-state index in [0.29, 0.717) is 13.0 Å². The molecular formula is C17H22N2O3. The number of amides is 1. The Bertz CT molecular complexity index is 587. The number of benzene rings is 1. The number of carboxylic acids is 1. The first-order valence-electron chi connectivity index (χ1n) is 7.92. The molecule has 3 rings (SSSR count). The zero-order chi connectivity index (χ0) is 15.7. The summed E-state index contributed by atoms with van der Waals surface area (Å²) < 4.78 is 0. The van der Waals surface area contributed by atoms with E-state index in [2.05, 4.69) is 17.0 Å². The Hall–Kier alpha value is -1.88. The lowest BCUT2D eigenvalue weighted by molar-refractivity contribution is -0.150. The second-order valence-corrected chi connectivity index (χ2v) is 6.19. The van der Waals surface area contributed by atoms with Crippen molar-refractivity contribution in [3.8, 4) is 0 Å². The fraction of sp³-hybridized carbons (Fsp3) is 0.529. The van der Waals surface area contributed by atoms with E-state index in [1.165, 1.54) is 11.1 Å². The van der Waals surface area contributed by atoms with Crippen molar-refractivity contribution in [1.29, 1.82) is 0 Å². The lowest BCUT2D eigenvalue weighted by Crippen LogP contribution is -2.51. The van der Waals surface area contributed by atoms with Crippen molar-refractivity contribution in [3.63, 3.8) is 0 Å². The number of likely N-dealkylation sites (tertiary alicyclic amines) is 1. The normalized spacial score (nSPS) is 23.1. The third-order valence-electron chi connectivity index (χ3n) is 4.89. The summed E-state index contributed by atoms with van der Waals surface area (Å²) in [6.07, 6.45) is 2.28. The SMILES string of the molecule is C[C@H](C(=O)N1CCC[C@H]1C(=O)O)N1CCc2ccccc2C1. The first kappa shape index (κ1) is 15.0. The molecule has 1 amide bonds. The van der Waals surface area contributed by atoms with Crippen molar-refractivity contribution in [1.82, 2.24) is 9.80 Å². The summed E-state index contributed by atoms with van der Waals surface area (Å²) in [5.74, 6) is -0.939. The van der Waals surface area contributed by atoms with Gasteiger partial charge in [-0.2, -0.15) is 0 Å². The molecule has 0 aromatic heterocycles. The topological polar surface area (TPSA) is 60.9 Å². The number of carboxylic acid groups (broad SMARTS) is 1. The maximum atomic E-state index is 12.7. The van der Waals surface area contributed by atoms with Crippen LogP contribution in [0.4, 0.5) is 0 Å². The van der Waals surface area contributed by atoms with E-state index in [1.54, 1.807) is 4.90 Å². The predicted octanol–water partition coefficient (Wildman–Crippen LogP) is 1.51. The summed E-state index contributed by atoms with van der Waals surface area (Å²) in [5, 5.41) is 9.25. The Morgan fingerprint density at radius 2 is 1.95 bits per heavy atom. The minimum atomic E-state index is -0.887. The van der Waals surface area contributed by atoms with E-state index in [0.717, 1.165) is 25.9 Å². The van der Waals surface area contributed by atoms with Crippen LogP contribution in [0.25, 0.3) is 0 Å². The van der Waals surface area contributed by atoms with Crippen molar-refractivity contribution in [3.05, 3.63) is 35.4 Å². The molecule has 2 aliphatic heterocycles. The minimum absolute atomic E-state index is 0.0516. The Morgan fingerprint density at radius 3 is 2.68 bits per heavy atom. The molecule has 1 aromatic rings. The van der Waals surface area contributed by atoms with Crippen molar-refractivity contribution in [2.75, 3.05) is 13.1 Å². The van der Waals surface area contributed by atoms with Crippen molar-refractivity contribution < 1.29 is 14.7 Å². The van der Waals surface area contributed by atoms with Crippen LogP contribution in [0.5, 0.6) is 0 Å². The van der Waals surface area contributed by atoms with Crippen LogP contribution >= 0.6 is 0 Å². The standard InChI is InChI=1S/C17H22N2O3/c1-12(16(20)19-9-4-7-15(19)17(21)22)18-10-8-13-5-2-3-6-14(13)11-18/h2-3,5-6,12,15H,4,7-11H2,1H3,(H,21,22)/t12-,15+/m1/s1.